The number of nitrogens with zero attached hydrogens (tertiary/aromatic N) is 2. The van der Waals surface area contributed by atoms with Crippen LogP contribution in [-0.2, 0) is 4.79 Å². The first-order valence-corrected chi connectivity index (χ1v) is 9.27. The van der Waals surface area contributed by atoms with Gasteiger partial charge in [0.2, 0.25) is 0 Å². The standard InChI is InChI=1S/C17H21ClN2OS/c1-2-20(13-10-8-12(18)9-11-13)17-19-16(21)14-6-4-3-5-7-15(14)22-17/h8-11,14-15H,2-7H2,1H3. The highest BCUT2D eigenvalue weighted by atomic mass is 35.5. The lowest BCUT2D eigenvalue weighted by molar-refractivity contribution is -0.121. The minimum Gasteiger partial charge on any atom is -0.321 e. The average Bonchev–Trinajstić information content (AvgIpc) is 2.76. The first-order chi connectivity index (χ1) is 10.7. The molecule has 1 aliphatic heterocycles. The van der Waals surface area contributed by atoms with E-state index in [0.29, 0.717) is 5.25 Å². The van der Waals surface area contributed by atoms with Gasteiger partial charge >= 0.3 is 0 Å². The van der Waals surface area contributed by atoms with Gasteiger partial charge in [-0.3, -0.25) is 4.79 Å². The monoisotopic (exact) mass is 336 g/mol. The van der Waals surface area contributed by atoms with E-state index in [-0.39, 0.29) is 11.8 Å². The number of aliphatic imine (C=N–C) groups is 1. The molecule has 2 aliphatic rings. The molecule has 1 aliphatic carbocycles. The van der Waals surface area contributed by atoms with Crippen molar-refractivity contribution in [3.63, 3.8) is 0 Å². The Hall–Kier alpha value is -1.00. The molecular formula is C17H21ClN2OS. The Morgan fingerprint density at radius 3 is 2.68 bits per heavy atom. The number of hydrogen-bond acceptors (Lipinski definition) is 3. The minimum absolute atomic E-state index is 0.0769. The zero-order valence-corrected chi connectivity index (χ0v) is 14.4. The van der Waals surface area contributed by atoms with Crippen LogP contribution in [0.1, 0.15) is 39.0 Å². The molecule has 22 heavy (non-hydrogen) atoms. The van der Waals surface area contributed by atoms with Crippen LogP contribution in [0.25, 0.3) is 0 Å². The second kappa shape index (κ2) is 7.05. The summed E-state index contributed by atoms with van der Waals surface area (Å²) in [6.45, 7) is 2.87. The highest BCUT2D eigenvalue weighted by Gasteiger charge is 2.36. The van der Waals surface area contributed by atoms with Gasteiger partial charge in [-0.1, -0.05) is 42.6 Å². The summed E-state index contributed by atoms with van der Waals surface area (Å²) in [4.78, 5) is 19.0. The largest absolute Gasteiger partial charge is 0.321 e. The van der Waals surface area contributed by atoms with Crippen molar-refractivity contribution in [2.24, 2.45) is 10.9 Å². The van der Waals surface area contributed by atoms with E-state index in [1.54, 1.807) is 11.8 Å². The molecule has 2 unspecified atom stereocenters. The number of amides is 1. The number of halogens is 1. The molecule has 0 saturated heterocycles. The lowest BCUT2D eigenvalue weighted by atomic mass is 9.99. The summed E-state index contributed by atoms with van der Waals surface area (Å²) in [5.74, 6) is 0.202. The molecular weight excluding hydrogens is 316 g/mol. The number of anilines is 1. The average molecular weight is 337 g/mol. The molecule has 1 fully saturated rings. The summed E-state index contributed by atoms with van der Waals surface area (Å²) in [6.07, 6.45) is 5.75. The van der Waals surface area contributed by atoms with E-state index in [9.17, 15) is 4.79 Å². The number of carbonyl (C=O) groups is 1. The molecule has 5 heteroatoms. The van der Waals surface area contributed by atoms with Gasteiger partial charge in [0.05, 0.1) is 5.92 Å². The van der Waals surface area contributed by atoms with E-state index in [2.05, 4.69) is 16.8 Å². The first-order valence-electron chi connectivity index (χ1n) is 8.01. The predicted molar refractivity (Wildman–Crippen MR) is 94.9 cm³/mol. The fourth-order valence-corrected chi connectivity index (χ4v) is 4.81. The normalized spacial score (nSPS) is 25.2. The molecule has 0 aromatic heterocycles. The smallest absolute Gasteiger partial charge is 0.252 e. The number of carbonyl (C=O) groups excluding carboxylic acids is 1. The molecule has 0 spiro atoms. The van der Waals surface area contributed by atoms with Crippen LogP contribution in [-0.4, -0.2) is 22.9 Å². The molecule has 0 bridgehead atoms. The van der Waals surface area contributed by atoms with Gasteiger partial charge in [0.15, 0.2) is 5.17 Å². The highest BCUT2D eigenvalue weighted by molar-refractivity contribution is 8.14. The Morgan fingerprint density at radius 2 is 1.95 bits per heavy atom. The van der Waals surface area contributed by atoms with Crippen LogP contribution in [0.5, 0.6) is 0 Å². The third-order valence-electron chi connectivity index (χ3n) is 4.42. The molecule has 1 amide bonds. The van der Waals surface area contributed by atoms with Crippen molar-refractivity contribution < 1.29 is 4.79 Å². The van der Waals surface area contributed by atoms with E-state index in [4.69, 9.17) is 11.6 Å². The third kappa shape index (κ3) is 3.33. The van der Waals surface area contributed by atoms with Gasteiger partial charge in [0.1, 0.15) is 0 Å². The fourth-order valence-electron chi connectivity index (χ4n) is 3.21. The van der Waals surface area contributed by atoms with E-state index >= 15 is 0 Å². The maximum atomic E-state index is 12.4. The zero-order chi connectivity index (χ0) is 15.5. The van der Waals surface area contributed by atoms with Crippen molar-refractivity contribution in [2.75, 3.05) is 11.4 Å². The summed E-state index contributed by atoms with van der Waals surface area (Å²) in [5.41, 5.74) is 1.04. The van der Waals surface area contributed by atoms with Gasteiger partial charge in [-0.15, -0.1) is 0 Å². The van der Waals surface area contributed by atoms with Gasteiger partial charge in [-0.05, 0) is 44.0 Å². The maximum Gasteiger partial charge on any atom is 0.252 e. The van der Waals surface area contributed by atoms with Crippen molar-refractivity contribution in [3.05, 3.63) is 29.3 Å². The number of amidine groups is 1. The Balaban J connectivity index is 1.86. The summed E-state index contributed by atoms with van der Waals surface area (Å²) < 4.78 is 0. The van der Waals surface area contributed by atoms with Crippen LogP contribution < -0.4 is 4.90 Å². The van der Waals surface area contributed by atoms with Crippen LogP contribution in [0.2, 0.25) is 5.02 Å². The van der Waals surface area contributed by atoms with E-state index in [1.165, 1.54) is 12.8 Å². The third-order valence-corrected chi connectivity index (χ3v) is 6.06. The lowest BCUT2D eigenvalue weighted by Gasteiger charge is -2.32. The zero-order valence-electron chi connectivity index (χ0n) is 12.8. The summed E-state index contributed by atoms with van der Waals surface area (Å²) in [7, 11) is 0. The molecule has 1 saturated carbocycles. The summed E-state index contributed by atoms with van der Waals surface area (Å²) in [5, 5.41) is 1.96. The van der Waals surface area contributed by atoms with Crippen molar-refractivity contribution in [3.8, 4) is 0 Å². The van der Waals surface area contributed by atoms with E-state index in [1.807, 2.05) is 24.3 Å². The van der Waals surface area contributed by atoms with Gasteiger partial charge in [-0.2, -0.15) is 4.99 Å². The van der Waals surface area contributed by atoms with Gasteiger partial charge in [0.25, 0.3) is 5.91 Å². The van der Waals surface area contributed by atoms with Crippen molar-refractivity contribution in [2.45, 2.75) is 44.3 Å². The van der Waals surface area contributed by atoms with Crippen molar-refractivity contribution in [1.82, 2.24) is 0 Å². The molecule has 118 valence electrons. The van der Waals surface area contributed by atoms with Gasteiger partial charge in [-0.25, -0.2) is 0 Å². The number of thioether (sulfide) groups is 1. The van der Waals surface area contributed by atoms with E-state index in [0.717, 1.165) is 41.7 Å². The van der Waals surface area contributed by atoms with Crippen LogP contribution in [0.3, 0.4) is 0 Å². The van der Waals surface area contributed by atoms with Crippen LogP contribution >= 0.6 is 23.4 Å². The maximum absolute atomic E-state index is 12.4. The minimum atomic E-state index is 0.0769. The summed E-state index contributed by atoms with van der Waals surface area (Å²) in [6, 6.07) is 7.73. The van der Waals surface area contributed by atoms with E-state index < -0.39 is 0 Å². The number of rotatable bonds is 2. The van der Waals surface area contributed by atoms with Gasteiger partial charge in [0, 0.05) is 22.5 Å². The second-order valence-electron chi connectivity index (χ2n) is 5.85. The quantitative estimate of drug-likeness (QED) is 0.781. The molecule has 1 aromatic carbocycles. The Labute approximate surface area is 141 Å². The van der Waals surface area contributed by atoms with Crippen molar-refractivity contribution >= 4 is 40.1 Å². The first kappa shape index (κ1) is 15.9. The Kier molecular flexibility index (Phi) is 5.09. The molecule has 1 aromatic rings. The predicted octanol–water partition coefficient (Wildman–Crippen LogP) is 4.74. The SMILES string of the molecule is CCN(C1=NC(=O)C2CCCCCC2S1)c1ccc(Cl)cc1. The topological polar surface area (TPSA) is 32.7 Å². The molecule has 3 nitrogen and oxygen atoms in total. The molecule has 2 atom stereocenters. The molecule has 0 N–H and O–H groups in total. The van der Waals surface area contributed by atoms with Crippen LogP contribution in [0.4, 0.5) is 5.69 Å². The highest BCUT2D eigenvalue weighted by Crippen LogP contribution is 2.38. The van der Waals surface area contributed by atoms with Crippen LogP contribution in [0.15, 0.2) is 29.3 Å². The van der Waals surface area contributed by atoms with Crippen molar-refractivity contribution in [1.29, 1.82) is 0 Å². The number of benzene rings is 1. The van der Waals surface area contributed by atoms with Gasteiger partial charge < -0.3 is 4.90 Å². The Morgan fingerprint density at radius 1 is 1.23 bits per heavy atom. The number of hydrogen-bond donors (Lipinski definition) is 0. The molecule has 3 rings (SSSR count). The molecule has 1 heterocycles. The Bertz CT molecular complexity index is 573. The number of fused-ring (bicyclic) bond motifs is 1. The molecule has 0 radical (unpaired) electrons. The fraction of sp³-hybridized carbons (Fsp3) is 0.529. The van der Waals surface area contributed by atoms with Crippen LogP contribution in [0, 0.1) is 5.92 Å². The summed E-state index contributed by atoms with van der Waals surface area (Å²) >= 11 is 7.76. The lowest BCUT2D eigenvalue weighted by Crippen LogP contribution is -2.38. The second-order valence-corrected chi connectivity index (χ2v) is 7.50.